The number of piperidine rings is 1. The molecule has 2 unspecified atom stereocenters. The molecule has 2 heterocycles. The summed E-state index contributed by atoms with van der Waals surface area (Å²) in [5.74, 6) is 0.873. The molecule has 2 saturated heterocycles. The number of hydrogen-bond acceptors (Lipinski definition) is 3. The van der Waals surface area contributed by atoms with Crippen molar-refractivity contribution in [2.24, 2.45) is 5.41 Å². The topological polar surface area (TPSA) is 35.6 Å². The first-order valence-corrected chi connectivity index (χ1v) is 14.5. The van der Waals surface area contributed by atoms with Crippen molar-refractivity contribution >= 4 is 5.91 Å². The van der Waals surface area contributed by atoms with Gasteiger partial charge in [-0.05, 0) is 91.6 Å². The highest BCUT2D eigenvalue weighted by atomic mass is 16.2. The lowest BCUT2D eigenvalue weighted by molar-refractivity contribution is -0.139. The first kappa shape index (κ1) is 24.2. The SMILES string of the molecule is CC(C)c1ccccc1C1CN(C(=O)C2CCCc3ccccc32)CCN1C1CC2(CCNCC2)C1. The molecule has 2 aliphatic heterocycles. The molecule has 6 rings (SSSR count). The van der Waals surface area contributed by atoms with E-state index in [9.17, 15) is 4.79 Å². The maximum Gasteiger partial charge on any atom is 0.230 e. The third kappa shape index (κ3) is 4.41. The molecule has 0 radical (unpaired) electrons. The van der Waals surface area contributed by atoms with Gasteiger partial charge in [0.15, 0.2) is 0 Å². The third-order valence-corrected chi connectivity index (χ3v) is 9.85. The standard InChI is InChI=1S/C32H43N3O/c1-23(2)26-10-5-6-12-28(26)30-22-34(31(36)29-13-7-9-24-8-3-4-11-27(24)29)18-19-35(30)25-20-32(21-25)14-16-33-17-15-32/h3-6,8,10-12,23,25,29-30,33H,7,9,13-22H2,1-2H3. The molecule has 1 saturated carbocycles. The van der Waals surface area contributed by atoms with Crippen LogP contribution in [0.5, 0.6) is 0 Å². The average Bonchev–Trinajstić information content (AvgIpc) is 2.91. The summed E-state index contributed by atoms with van der Waals surface area (Å²) in [7, 11) is 0. The Balaban J connectivity index is 1.26. The Labute approximate surface area is 217 Å². The zero-order valence-corrected chi connectivity index (χ0v) is 22.2. The number of carbonyl (C=O) groups is 1. The van der Waals surface area contributed by atoms with Crippen molar-refractivity contribution in [3.8, 4) is 0 Å². The first-order valence-electron chi connectivity index (χ1n) is 14.5. The van der Waals surface area contributed by atoms with Crippen molar-refractivity contribution in [2.75, 3.05) is 32.7 Å². The van der Waals surface area contributed by atoms with Gasteiger partial charge in [0.25, 0.3) is 0 Å². The molecule has 2 aromatic rings. The number of rotatable bonds is 4. The number of nitrogens with zero attached hydrogens (tertiary/aromatic N) is 2. The zero-order chi connectivity index (χ0) is 24.7. The van der Waals surface area contributed by atoms with Crippen molar-refractivity contribution in [3.05, 3.63) is 70.8 Å². The smallest absolute Gasteiger partial charge is 0.230 e. The minimum atomic E-state index is 0.0317. The van der Waals surface area contributed by atoms with Crippen LogP contribution < -0.4 is 5.32 Å². The molecule has 2 aliphatic carbocycles. The highest BCUT2D eigenvalue weighted by molar-refractivity contribution is 5.84. The van der Waals surface area contributed by atoms with Gasteiger partial charge in [0.1, 0.15) is 0 Å². The van der Waals surface area contributed by atoms with Gasteiger partial charge in [0.2, 0.25) is 5.91 Å². The van der Waals surface area contributed by atoms with Gasteiger partial charge in [-0.25, -0.2) is 0 Å². The van der Waals surface area contributed by atoms with Crippen LogP contribution in [0.4, 0.5) is 0 Å². The molecule has 4 nitrogen and oxygen atoms in total. The lowest BCUT2D eigenvalue weighted by Crippen LogP contribution is -2.60. The monoisotopic (exact) mass is 485 g/mol. The van der Waals surface area contributed by atoms with Crippen LogP contribution in [0, 0.1) is 5.41 Å². The highest BCUT2D eigenvalue weighted by Crippen LogP contribution is 2.52. The minimum absolute atomic E-state index is 0.0317. The van der Waals surface area contributed by atoms with E-state index in [0.717, 1.165) is 38.9 Å². The summed E-state index contributed by atoms with van der Waals surface area (Å²) in [6.45, 7) is 9.66. The number of fused-ring (bicyclic) bond motifs is 1. The van der Waals surface area contributed by atoms with Gasteiger partial charge in [0, 0.05) is 25.7 Å². The summed E-state index contributed by atoms with van der Waals surface area (Å²) in [5, 5.41) is 3.56. The molecule has 1 amide bonds. The van der Waals surface area contributed by atoms with E-state index >= 15 is 0 Å². The van der Waals surface area contributed by atoms with Crippen molar-refractivity contribution in [3.63, 3.8) is 0 Å². The van der Waals surface area contributed by atoms with E-state index in [1.165, 1.54) is 61.0 Å². The summed E-state index contributed by atoms with van der Waals surface area (Å²) in [6.07, 6.45) is 8.54. The number of carbonyl (C=O) groups excluding carboxylic acids is 1. The van der Waals surface area contributed by atoms with Crippen molar-refractivity contribution < 1.29 is 4.79 Å². The molecule has 0 bridgehead atoms. The number of hydrogen-bond donors (Lipinski definition) is 1. The predicted molar refractivity (Wildman–Crippen MR) is 146 cm³/mol. The fourth-order valence-electron chi connectivity index (χ4n) is 7.82. The molecule has 36 heavy (non-hydrogen) atoms. The first-order chi connectivity index (χ1) is 17.5. The van der Waals surface area contributed by atoms with Crippen molar-refractivity contribution in [1.29, 1.82) is 0 Å². The average molecular weight is 486 g/mol. The molecule has 1 spiro atoms. The van der Waals surface area contributed by atoms with Crippen molar-refractivity contribution in [1.82, 2.24) is 15.1 Å². The van der Waals surface area contributed by atoms with E-state index in [2.05, 4.69) is 77.5 Å². The Morgan fingerprint density at radius 3 is 2.47 bits per heavy atom. The summed E-state index contributed by atoms with van der Waals surface area (Å²) < 4.78 is 0. The Kier molecular flexibility index (Phi) is 6.68. The number of amides is 1. The lowest BCUT2D eigenvalue weighted by Gasteiger charge is -2.57. The van der Waals surface area contributed by atoms with Gasteiger partial charge in [0.05, 0.1) is 12.0 Å². The molecule has 3 fully saturated rings. The van der Waals surface area contributed by atoms with E-state index in [1.54, 1.807) is 0 Å². The summed E-state index contributed by atoms with van der Waals surface area (Å²) in [4.78, 5) is 19.0. The van der Waals surface area contributed by atoms with E-state index in [0.29, 0.717) is 29.3 Å². The molecule has 4 aliphatic rings. The van der Waals surface area contributed by atoms with Crippen LogP contribution >= 0.6 is 0 Å². The van der Waals surface area contributed by atoms with Crippen LogP contribution in [0.3, 0.4) is 0 Å². The van der Waals surface area contributed by atoms with E-state index in [1.807, 2.05) is 0 Å². The van der Waals surface area contributed by atoms with E-state index in [-0.39, 0.29) is 5.92 Å². The Morgan fingerprint density at radius 2 is 1.69 bits per heavy atom. The maximum absolute atomic E-state index is 14.0. The second kappa shape index (κ2) is 9.95. The molecular weight excluding hydrogens is 442 g/mol. The van der Waals surface area contributed by atoms with Gasteiger partial charge >= 0.3 is 0 Å². The van der Waals surface area contributed by atoms with Gasteiger partial charge in [-0.2, -0.15) is 0 Å². The fourth-order valence-corrected chi connectivity index (χ4v) is 7.82. The van der Waals surface area contributed by atoms with Crippen LogP contribution in [0.25, 0.3) is 0 Å². The summed E-state index contributed by atoms with van der Waals surface area (Å²) >= 11 is 0. The van der Waals surface area contributed by atoms with E-state index in [4.69, 9.17) is 0 Å². The second-order valence-corrected chi connectivity index (χ2v) is 12.3. The molecule has 4 heteroatoms. The van der Waals surface area contributed by atoms with Crippen LogP contribution in [0.15, 0.2) is 48.5 Å². The quantitative estimate of drug-likeness (QED) is 0.608. The molecule has 2 aromatic carbocycles. The van der Waals surface area contributed by atoms with Crippen LogP contribution in [-0.4, -0.2) is 54.5 Å². The molecule has 0 aromatic heterocycles. The molecule has 1 N–H and O–H groups in total. The fraction of sp³-hybridized carbons (Fsp3) is 0.594. The second-order valence-electron chi connectivity index (χ2n) is 12.3. The zero-order valence-electron chi connectivity index (χ0n) is 22.2. The maximum atomic E-state index is 14.0. The Morgan fingerprint density at radius 1 is 0.972 bits per heavy atom. The largest absolute Gasteiger partial charge is 0.339 e. The van der Waals surface area contributed by atoms with Crippen LogP contribution in [0.1, 0.15) is 92.5 Å². The number of aryl methyl sites for hydroxylation is 1. The summed E-state index contributed by atoms with van der Waals surface area (Å²) in [5.41, 5.74) is 6.11. The number of benzene rings is 2. The Bertz CT molecular complexity index is 1080. The predicted octanol–water partition coefficient (Wildman–Crippen LogP) is 5.65. The molecule has 2 atom stereocenters. The normalized spacial score (nSPS) is 26.6. The van der Waals surface area contributed by atoms with Crippen LogP contribution in [0.2, 0.25) is 0 Å². The minimum Gasteiger partial charge on any atom is -0.339 e. The van der Waals surface area contributed by atoms with E-state index < -0.39 is 0 Å². The molecular formula is C32H43N3O. The Hall–Kier alpha value is -2.17. The van der Waals surface area contributed by atoms with Gasteiger partial charge < -0.3 is 10.2 Å². The third-order valence-electron chi connectivity index (χ3n) is 9.85. The number of nitrogens with one attached hydrogen (secondary N) is 1. The van der Waals surface area contributed by atoms with Gasteiger partial charge in [-0.3, -0.25) is 9.69 Å². The van der Waals surface area contributed by atoms with Gasteiger partial charge in [-0.1, -0.05) is 62.4 Å². The summed E-state index contributed by atoms with van der Waals surface area (Å²) in [6, 6.07) is 18.6. The number of piperazine rings is 1. The molecule has 192 valence electrons. The van der Waals surface area contributed by atoms with Gasteiger partial charge in [-0.15, -0.1) is 0 Å². The lowest BCUT2D eigenvalue weighted by atomic mass is 9.60. The van der Waals surface area contributed by atoms with Crippen LogP contribution in [-0.2, 0) is 11.2 Å². The van der Waals surface area contributed by atoms with Crippen molar-refractivity contribution in [2.45, 2.75) is 82.7 Å². The highest BCUT2D eigenvalue weighted by Gasteiger charge is 2.49.